The van der Waals surface area contributed by atoms with Crippen molar-refractivity contribution in [1.29, 1.82) is 0 Å². The van der Waals surface area contributed by atoms with Crippen molar-refractivity contribution >= 4 is 15.9 Å². The van der Waals surface area contributed by atoms with Crippen molar-refractivity contribution in [1.82, 2.24) is 10.3 Å². The van der Waals surface area contributed by atoms with E-state index in [0.717, 1.165) is 35.1 Å². The van der Waals surface area contributed by atoms with Gasteiger partial charge in [-0.05, 0) is 42.8 Å². The van der Waals surface area contributed by atoms with E-state index < -0.39 is 0 Å². The first kappa shape index (κ1) is 16.0. The molecule has 3 nitrogen and oxygen atoms in total. The molecule has 0 spiro atoms. The number of pyridine rings is 1. The van der Waals surface area contributed by atoms with Crippen LogP contribution in [0.25, 0.3) is 0 Å². The Bertz CT molecular complexity index is 563. The van der Waals surface area contributed by atoms with Crippen LogP contribution in [0, 0.1) is 0 Å². The third-order valence-electron chi connectivity index (χ3n) is 3.08. The molecule has 0 saturated heterocycles. The minimum absolute atomic E-state index is 0.529. The lowest BCUT2D eigenvalue weighted by Crippen LogP contribution is -2.07. The van der Waals surface area contributed by atoms with E-state index in [4.69, 9.17) is 4.74 Å². The van der Waals surface area contributed by atoms with Crippen LogP contribution in [0.4, 0.5) is 0 Å². The van der Waals surface area contributed by atoms with Gasteiger partial charge in [-0.2, -0.15) is 0 Å². The lowest BCUT2D eigenvalue weighted by Gasteiger charge is -2.10. The zero-order chi connectivity index (χ0) is 15.1. The van der Waals surface area contributed by atoms with Crippen molar-refractivity contribution < 1.29 is 4.74 Å². The first-order valence-electron chi connectivity index (χ1n) is 7.23. The highest BCUT2D eigenvalue weighted by Gasteiger charge is 2.04. The number of ether oxygens (including phenoxy) is 1. The molecule has 0 aliphatic rings. The Kier molecular flexibility index (Phi) is 6.21. The van der Waals surface area contributed by atoms with Crippen molar-refractivity contribution in [2.24, 2.45) is 0 Å². The van der Waals surface area contributed by atoms with E-state index in [1.807, 2.05) is 25.2 Å². The molecule has 112 valence electrons. The van der Waals surface area contributed by atoms with Crippen molar-refractivity contribution in [2.45, 2.75) is 32.9 Å². The molecule has 21 heavy (non-hydrogen) atoms. The predicted molar refractivity (Wildman–Crippen MR) is 89.5 cm³/mol. The number of hydrogen-bond acceptors (Lipinski definition) is 3. The van der Waals surface area contributed by atoms with Gasteiger partial charge < -0.3 is 10.1 Å². The summed E-state index contributed by atoms with van der Waals surface area (Å²) in [6, 6.07) is 12.3. The van der Waals surface area contributed by atoms with Gasteiger partial charge in [0.25, 0.3) is 0 Å². The van der Waals surface area contributed by atoms with Gasteiger partial charge in [-0.1, -0.05) is 41.4 Å². The Labute approximate surface area is 134 Å². The molecule has 2 aromatic rings. The molecule has 0 radical (unpaired) electrons. The van der Waals surface area contributed by atoms with Gasteiger partial charge in [-0.15, -0.1) is 0 Å². The quantitative estimate of drug-likeness (QED) is 0.817. The lowest BCUT2D eigenvalue weighted by atomic mass is 10.1. The fourth-order valence-corrected chi connectivity index (χ4v) is 2.62. The van der Waals surface area contributed by atoms with E-state index in [2.05, 4.69) is 51.4 Å². The van der Waals surface area contributed by atoms with E-state index in [0.29, 0.717) is 12.5 Å². The van der Waals surface area contributed by atoms with Crippen LogP contribution in [0.2, 0.25) is 0 Å². The van der Waals surface area contributed by atoms with Crippen LogP contribution in [-0.2, 0) is 19.6 Å². The standard InChI is InChI=1S/C17H21BrN2O/c1-3-5-16-9-14(11-19-2)10-17(20-16)21-12-13-6-4-7-15(18)8-13/h4,6-10,19H,3,5,11-12H2,1-2H3. The number of rotatable bonds is 7. The van der Waals surface area contributed by atoms with Crippen LogP contribution in [0.1, 0.15) is 30.2 Å². The van der Waals surface area contributed by atoms with Crippen molar-refractivity contribution in [2.75, 3.05) is 7.05 Å². The molecule has 0 aliphatic carbocycles. The van der Waals surface area contributed by atoms with Gasteiger partial charge in [-0.25, -0.2) is 4.98 Å². The smallest absolute Gasteiger partial charge is 0.214 e. The van der Waals surface area contributed by atoms with E-state index >= 15 is 0 Å². The summed E-state index contributed by atoms with van der Waals surface area (Å²) in [7, 11) is 1.95. The van der Waals surface area contributed by atoms with E-state index in [1.54, 1.807) is 0 Å². The van der Waals surface area contributed by atoms with Gasteiger partial charge in [0.05, 0.1) is 0 Å². The number of aromatic nitrogens is 1. The summed E-state index contributed by atoms with van der Waals surface area (Å²) in [5.74, 6) is 0.700. The Morgan fingerprint density at radius 1 is 1.19 bits per heavy atom. The maximum Gasteiger partial charge on any atom is 0.214 e. The summed E-state index contributed by atoms with van der Waals surface area (Å²) < 4.78 is 6.92. The Morgan fingerprint density at radius 3 is 2.76 bits per heavy atom. The second-order valence-electron chi connectivity index (χ2n) is 5.00. The predicted octanol–water partition coefficient (Wildman–Crippen LogP) is 4.10. The third-order valence-corrected chi connectivity index (χ3v) is 3.57. The molecule has 2 rings (SSSR count). The minimum atomic E-state index is 0.529. The van der Waals surface area contributed by atoms with Crippen molar-refractivity contribution in [3.63, 3.8) is 0 Å². The van der Waals surface area contributed by atoms with E-state index in [-0.39, 0.29) is 0 Å². The highest BCUT2D eigenvalue weighted by Crippen LogP contribution is 2.17. The van der Waals surface area contributed by atoms with Gasteiger partial charge in [0.15, 0.2) is 0 Å². The minimum Gasteiger partial charge on any atom is -0.473 e. The maximum absolute atomic E-state index is 5.86. The number of hydrogen-bond donors (Lipinski definition) is 1. The summed E-state index contributed by atoms with van der Waals surface area (Å²) in [6.07, 6.45) is 2.06. The fourth-order valence-electron chi connectivity index (χ4n) is 2.17. The largest absolute Gasteiger partial charge is 0.473 e. The zero-order valence-corrected chi connectivity index (χ0v) is 14.1. The number of halogens is 1. The average Bonchev–Trinajstić information content (AvgIpc) is 2.46. The summed E-state index contributed by atoms with van der Waals surface area (Å²) in [5, 5.41) is 3.17. The van der Waals surface area contributed by atoms with Crippen LogP contribution in [-0.4, -0.2) is 12.0 Å². The molecule has 1 aromatic carbocycles. The van der Waals surface area contributed by atoms with E-state index in [9.17, 15) is 0 Å². The monoisotopic (exact) mass is 348 g/mol. The van der Waals surface area contributed by atoms with Gasteiger partial charge in [0.2, 0.25) is 5.88 Å². The molecular formula is C17H21BrN2O. The highest BCUT2D eigenvalue weighted by molar-refractivity contribution is 9.10. The Hall–Kier alpha value is -1.39. The van der Waals surface area contributed by atoms with Crippen LogP contribution in [0.15, 0.2) is 40.9 Å². The molecule has 0 unspecified atom stereocenters. The molecule has 1 aromatic heterocycles. The first-order chi connectivity index (χ1) is 10.2. The summed E-state index contributed by atoms with van der Waals surface area (Å²) in [5.41, 5.74) is 3.43. The first-order valence-corrected chi connectivity index (χ1v) is 8.02. The molecule has 0 atom stereocenters. The van der Waals surface area contributed by atoms with Crippen LogP contribution >= 0.6 is 15.9 Å². The third kappa shape index (κ3) is 5.14. The van der Waals surface area contributed by atoms with Gasteiger partial charge in [0, 0.05) is 22.8 Å². The molecule has 1 heterocycles. The maximum atomic E-state index is 5.86. The highest BCUT2D eigenvalue weighted by atomic mass is 79.9. The number of nitrogens with zero attached hydrogens (tertiary/aromatic N) is 1. The summed E-state index contributed by atoms with van der Waals surface area (Å²) in [4.78, 5) is 4.58. The SMILES string of the molecule is CCCc1cc(CNC)cc(OCc2cccc(Br)c2)n1. The van der Waals surface area contributed by atoms with Crippen molar-refractivity contribution in [3.8, 4) is 5.88 Å². The van der Waals surface area contributed by atoms with Crippen LogP contribution in [0.3, 0.4) is 0 Å². The second kappa shape index (κ2) is 8.15. The normalized spacial score (nSPS) is 10.6. The van der Waals surface area contributed by atoms with Gasteiger partial charge >= 0.3 is 0 Å². The van der Waals surface area contributed by atoms with Crippen LogP contribution in [0.5, 0.6) is 5.88 Å². The lowest BCUT2D eigenvalue weighted by molar-refractivity contribution is 0.292. The summed E-state index contributed by atoms with van der Waals surface area (Å²) in [6.45, 7) is 3.52. The molecule has 0 bridgehead atoms. The van der Waals surface area contributed by atoms with Crippen LogP contribution < -0.4 is 10.1 Å². The van der Waals surface area contributed by atoms with Crippen molar-refractivity contribution in [3.05, 3.63) is 57.7 Å². The molecular weight excluding hydrogens is 328 g/mol. The second-order valence-corrected chi connectivity index (χ2v) is 5.92. The topological polar surface area (TPSA) is 34.1 Å². The summed E-state index contributed by atoms with van der Waals surface area (Å²) >= 11 is 3.47. The van der Waals surface area contributed by atoms with Gasteiger partial charge in [0.1, 0.15) is 6.61 Å². The van der Waals surface area contributed by atoms with E-state index in [1.165, 1.54) is 5.56 Å². The Balaban J connectivity index is 2.10. The number of nitrogens with one attached hydrogen (secondary N) is 1. The average molecular weight is 349 g/mol. The molecule has 4 heteroatoms. The fraction of sp³-hybridized carbons (Fsp3) is 0.353. The molecule has 0 amide bonds. The van der Waals surface area contributed by atoms with Gasteiger partial charge in [-0.3, -0.25) is 0 Å². The number of aryl methyl sites for hydroxylation is 1. The molecule has 0 saturated carbocycles. The zero-order valence-electron chi connectivity index (χ0n) is 12.5. The molecule has 0 fully saturated rings. The Morgan fingerprint density at radius 2 is 2.05 bits per heavy atom. The molecule has 1 N–H and O–H groups in total. The number of benzene rings is 1. The molecule has 0 aliphatic heterocycles.